The highest BCUT2D eigenvalue weighted by molar-refractivity contribution is 7.11. The predicted octanol–water partition coefficient (Wildman–Crippen LogP) is 3.36. The third kappa shape index (κ3) is 3.09. The molecule has 4 heteroatoms. The fraction of sp³-hybridized carbons (Fsp3) is 0.357. The van der Waals surface area contributed by atoms with E-state index in [0.717, 1.165) is 21.2 Å². The largest absolute Gasteiger partial charge is 0.488 e. The minimum atomic E-state index is -0.0249. The van der Waals surface area contributed by atoms with Crippen molar-refractivity contribution in [1.29, 1.82) is 0 Å². The van der Waals surface area contributed by atoms with Crippen molar-refractivity contribution in [3.05, 3.63) is 45.4 Å². The number of ether oxygens (including phenoxy) is 1. The second-order valence-electron chi connectivity index (χ2n) is 4.46. The van der Waals surface area contributed by atoms with Crippen molar-refractivity contribution >= 4 is 11.3 Å². The molecule has 0 aliphatic carbocycles. The number of aromatic nitrogens is 1. The molecule has 0 spiro atoms. The molecule has 0 unspecified atom stereocenters. The number of aryl methyl sites for hydroxylation is 2. The first-order valence-corrected chi connectivity index (χ1v) is 6.78. The fourth-order valence-corrected chi connectivity index (χ4v) is 2.48. The molecule has 1 aromatic heterocycles. The summed E-state index contributed by atoms with van der Waals surface area (Å²) in [4.78, 5) is 5.34. The van der Waals surface area contributed by atoms with Crippen LogP contribution in [0.15, 0.2) is 24.4 Å². The summed E-state index contributed by atoms with van der Waals surface area (Å²) in [5, 5.41) is 1.06. The summed E-state index contributed by atoms with van der Waals surface area (Å²) in [6.45, 7) is 6.57. The topological polar surface area (TPSA) is 48.1 Å². The molecule has 1 heterocycles. The van der Waals surface area contributed by atoms with E-state index in [-0.39, 0.29) is 6.04 Å². The molecular weight excluding hydrogens is 244 g/mol. The minimum Gasteiger partial charge on any atom is -0.488 e. The monoisotopic (exact) mass is 262 g/mol. The van der Waals surface area contributed by atoms with Gasteiger partial charge in [-0.1, -0.05) is 17.7 Å². The molecular formula is C14H18N2OS. The van der Waals surface area contributed by atoms with Gasteiger partial charge in [0.25, 0.3) is 0 Å². The highest BCUT2D eigenvalue weighted by Crippen LogP contribution is 2.26. The van der Waals surface area contributed by atoms with Gasteiger partial charge in [-0.2, -0.15) is 0 Å². The summed E-state index contributed by atoms with van der Waals surface area (Å²) >= 11 is 1.66. The zero-order valence-electron chi connectivity index (χ0n) is 10.9. The quantitative estimate of drug-likeness (QED) is 0.919. The Morgan fingerprint density at radius 1 is 1.39 bits per heavy atom. The van der Waals surface area contributed by atoms with Crippen LogP contribution < -0.4 is 10.5 Å². The van der Waals surface area contributed by atoms with Gasteiger partial charge in [-0.15, -0.1) is 11.3 Å². The summed E-state index contributed by atoms with van der Waals surface area (Å²) in [5.74, 6) is 0.863. The van der Waals surface area contributed by atoms with Gasteiger partial charge in [-0.05, 0) is 26.8 Å². The molecule has 2 aromatic rings. The van der Waals surface area contributed by atoms with Crippen LogP contribution in [0.25, 0.3) is 0 Å². The zero-order chi connectivity index (χ0) is 13.1. The summed E-state index contributed by atoms with van der Waals surface area (Å²) < 4.78 is 5.84. The van der Waals surface area contributed by atoms with Gasteiger partial charge in [-0.25, -0.2) is 4.98 Å². The van der Waals surface area contributed by atoms with Crippen molar-refractivity contribution in [2.75, 3.05) is 0 Å². The second-order valence-corrected chi connectivity index (χ2v) is 5.78. The molecule has 18 heavy (non-hydrogen) atoms. The predicted molar refractivity (Wildman–Crippen MR) is 75.0 cm³/mol. The van der Waals surface area contributed by atoms with Gasteiger partial charge in [-0.3, -0.25) is 0 Å². The van der Waals surface area contributed by atoms with E-state index in [4.69, 9.17) is 10.5 Å². The maximum absolute atomic E-state index is 5.97. The van der Waals surface area contributed by atoms with Crippen LogP contribution in [-0.4, -0.2) is 4.98 Å². The van der Waals surface area contributed by atoms with E-state index in [9.17, 15) is 0 Å². The average molecular weight is 262 g/mol. The summed E-state index contributed by atoms with van der Waals surface area (Å²) in [6.07, 6.45) is 1.86. The molecule has 0 saturated heterocycles. The third-order valence-electron chi connectivity index (χ3n) is 2.69. The van der Waals surface area contributed by atoms with Crippen LogP contribution in [0.1, 0.15) is 34.0 Å². The molecule has 0 saturated carbocycles. The van der Waals surface area contributed by atoms with Crippen molar-refractivity contribution < 1.29 is 4.74 Å². The fourth-order valence-electron chi connectivity index (χ4n) is 1.78. The van der Waals surface area contributed by atoms with Gasteiger partial charge >= 0.3 is 0 Å². The van der Waals surface area contributed by atoms with Crippen molar-refractivity contribution in [3.63, 3.8) is 0 Å². The molecule has 2 N–H and O–H groups in total. The Kier molecular flexibility index (Phi) is 3.99. The molecule has 0 fully saturated rings. The van der Waals surface area contributed by atoms with Crippen LogP contribution in [0.2, 0.25) is 0 Å². The lowest BCUT2D eigenvalue weighted by Crippen LogP contribution is -2.08. The van der Waals surface area contributed by atoms with E-state index < -0.39 is 0 Å². The molecule has 0 aliphatic rings. The molecule has 1 atom stereocenters. The van der Waals surface area contributed by atoms with E-state index in [2.05, 4.69) is 18.0 Å². The summed E-state index contributed by atoms with van der Waals surface area (Å²) in [6, 6.07) is 6.09. The SMILES string of the molecule is Cc1ccc(OCc2cnc(C)s2)c([C@@H](C)N)c1. The number of benzene rings is 1. The number of hydrogen-bond donors (Lipinski definition) is 1. The van der Waals surface area contributed by atoms with Gasteiger partial charge in [0.15, 0.2) is 0 Å². The first-order chi connectivity index (χ1) is 8.56. The van der Waals surface area contributed by atoms with Crippen molar-refractivity contribution in [1.82, 2.24) is 4.98 Å². The van der Waals surface area contributed by atoms with Crippen LogP contribution in [0.3, 0.4) is 0 Å². The number of hydrogen-bond acceptors (Lipinski definition) is 4. The van der Waals surface area contributed by atoms with Gasteiger partial charge in [0.2, 0.25) is 0 Å². The zero-order valence-corrected chi connectivity index (χ0v) is 11.8. The lowest BCUT2D eigenvalue weighted by Gasteiger charge is -2.14. The first kappa shape index (κ1) is 13.1. The summed E-state index contributed by atoms with van der Waals surface area (Å²) in [5.41, 5.74) is 8.22. The van der Waals surface area contributed by atoms with E-state index in [1.54, 1.807) is 11.3 Å². The highest BCUT2D eigenvalue weighted by atomic mass is 32.1. The molecule has 0 radical (unpaired) electrons. The number of nitrogens with zero attached hydrogens (tertiary/aromatic N) is 1. The molecule has 0 aliphatic heterocycles. The average Bonchev–Trinajstić information content (AvgIpc) is 2.73. The highest BCUT2D eigenvalue weighted by Gasteiger charge is 2.09. The Hall–Kier alpha value is -1.39. The van der Waals surface area contributed by atoms with E-state index in [1.807, 2.05) is 32.2 Å². The van der Waals surface area contributed by atoms with Crippen LogP contribution in [0, 0.1) is 13.8 Å². The molecule has 0 amide bonds. The lowest BCUT2D eigenvalue weighted by atomic mass is 10.1. The Bertz CT molecular complexity index is 534. The first-order valence-electron chi connectivity index (χ1n) is 5.96. The van der Waals surface area contributed by atoms with Crippen molar-refractivity contribution in [3.8, 4) is 5.75 Å². The smallest absolute Gasteiger partial charge is 0.124 e. The normalized spacial score (nSPS) is 12.4. The Morgan fingerprint density at radius 3 is 2.78 bits per heavy atom. The minimum absolute atomic E-state index is 0.0249. The molecule has 96 valence electrons. The maximum atomic E-state index is 5.97. The summed E-state index contributed by atoms with van der Waals surface area (Å²) in [7, 11) is 0. The van der Waals surface area contributed by atoms with E-state index in [1.165, 1.54) is 5.56 Å². The standard InChI is InChI=1S/C14H18N2OS/c1-9-4-5-14(13(6-9)10(2)15)17-8-12-7-16-11(3)18-12/h4-7,10H,8,15H2,1-3H3/t10-/m1/s1. The third-order valence-corrected chi connectivity index (χ3v) is 3.58. The van der Waals surface area contributed by atoms with Crippen molar-refractivity contribution in [2.24, 2.45) is 5.73 Å². The number of rotatable bonds is 4. The van der Waals surface area contributed by atoms with Crippen LogP contribution in [0.4, 0.5) is 0 Å². The lowest BCUT2D eigenvalue weighted by molar-refractivity contribution is 0.304. The van der Waals surface area contributed by atoms with Crippen LogP contribution in [-0.2, 0) is 6.61 Å². The van der Waals surface area contributed by atoms with Crippen LogP contribution in [0.5, 0.6) is 5.75 Å². The van der Waals surface area contributed by atoms with E-state index in [0.29, 0.717) is 6.61 Å². The maximum Gasteiger partial charge on any atom is 0.124 e. The molecule has 2 rings (SSSR count). The Labute approximate surface area is 112 Å². The Balaban J connectivity index is 2.13. The second kappa shape index (κ2) is 5.50. The van der Waals surface area contributed by atoms with E-state index >= 15 is 0 Å². The molecule has 1 aromatic carbocycles. The Morgan fingerprint density at radius 2 is 2.17 bits per heavy atom. The van der Waals surface area contributed by atoms with Gasteiger partial charge in [0, 0.05) is 17.8 Å². The number of nitrogens with two attached hydrogens (primary N) is 1. The number of thiazole rings is 1. The van der Waals surface area contributed by atoms with Crippen LogP contribution >= 0.6 is 11.3 Å². The molecule has 0 bridgehead atoms. The van der Waals surface area contributed by atoms with Gasteiger partial charge in [0.05, 0.1) is 9.88 Å². The van der Waals surface area contributed by atoms with Crippen molar-refractivity contribution in [2.45, 2.75) is 33.4 Å². The molecule has 3 nitrogen and oxygen atoms in total. The van der Waals surface area contributed by atoms with Gasteiger partial charge < -0.3 is 10.5 Å². The van der Waals surface area contributed by atoms with Gasteiger partial charge in [0.1, 0.15) is 12.4 Å².